The molecule has 0 saturated carbocycles. The van der Waals surface area contributed by atoms with E-state index < -0.39 is 41.1 Å². The molecule has 0 aliphatic carbocycles. The van der Waals surface area contributed by atoms with Crippen molar-refractivity contribution in [3.63, 3.8) is 0 Å². The number of fused-ring (bicyclic) bond motifs is 9. The lowest BCUT2D eigenvalue weighted by Crippen LogP contribution is -2.52. The molecular weight excluding hydrogens is 544 g/mol. The molecule has 0 aromatic heterocycles. The van der Waals surface area contributed by atoms with Crippen LogP contribution in [0.4, 0.5) is 11.4 Å². The lowest BCUT2D eigenvalue weighted by atomic mass is 9.75. The monoisotopic (exact) mass is 557 g/mol. The van der Waals surface area contributed by atoms with Crippen molar-refractivity contribution in [2.75, 3.05) is 10.2 Å². The minimum absolute atomic E-state index is 0.271. The van der Waals surface area contributed by atoms with Crippen LogP contribution in [-0.4, -0.2) is 22.6 Å². The van der Waals surface area contributed by atoms with Crippen LogP contribution in [0, 0.1) is 11.8 Å². The van der Waals surface area contributed by atoms with Crippen LogP contribution in [0.25, 0.3) is 0 Å². The number of carbonyl (C=O) groups is 3. The van der Waals surface area contributed by atoms with Crippen LogP contribution in [0.1, 0.15) is 22.7 Å². The van der Waals surface area contributed by atoms with Crippen molar-refractivity contribution in [2.24, 2.45) is 11.8 Å². The fourth-order valence-electron chi connectivity index (χ4n) is 6.62. The third-order valence-electron chi connectivity index (χ3n) is 7.80. The summed E-state index contributed by atoms with van der Waals surface area (Å²) in [6.07, 6.45) is 0. The molecular formula is C26H15Cl4N3O3. The van der Waals surface area contributed by atoms with Gasteiger partial charge in [-0.25, -0.2) is 4.90 Å². The molecule has 4 unspecified atom stereocenters. The Morgan fingerprint density at radius 2 is 1.56 bits per heavy atom. The standard InChI is InChI=1S/C26H15Cl4N3O3/c27-12-5-13(28)7-15(6-12)33-23(34)19-20(24(33)35)26(32-10-11-3-1-2-4-16(11)22(19)32)17-8-14(29)9-18(30)21(17)31-25(26)36/h1-9,19-20,22H,10H2,(H,31,36). The number of carbonyl (C=O) groups excluding carboxylic acids is 3. The molecule has 7 rings (SSSR count). The summed E-state index contributed by atoms with van der Waals surface area (Å²) in [7, 11) is 0. The van der Waals surface area contributed by atoms with Gasteiger partial charge in [-0.2, -0.15) is 0 Å². The molecule has 0 radical (unpaired) electrons. The predicted molar refractivity (Wildman–Crippen MR) is 137 cm³/mol. The van der Waals surface area contributed by atoms with Crippen molar-refractivity contribution in [3.05, 3.63) is 91.4 Å². The van der Waals surface area contributed by atoms with Gasteiger partial charge in [0, 0.05) is 33.2 Å². The van der Waals surface area contributed by atoms with Crippen molar-refractivity contribution >= 4 is 75.5 Å². The van der Waals surface area contributed by atoms with Gasteiger partial charge in [0.1, 0.15) is 5.54 Å². The summed E-state index contributed by atoms with van der Waals surface area (Å²) in [5.74, 6) is -3.11. The normalized spacial score (nSPS) is 27.9. The summed E-state index contributed by atoms with van der Waals surface area (Å²) in [6, 6.07) is 15.0. The molecule has 180 valence electrons. The topological polar surface area (TPSA) is 69.7 Å². The van der Waals surface area contributed by atoms with Crippen molar-refractivity contribution in [1.82, 2.24) is 4.90 Å². The van der Waals surface area contributed by atoms with E-state index in [9.17, 15) is 14.4 Å². The van der Waals surface area contributed by atoms with E-state index in [0.717, 1.165) is 16.0 Å². The SMILES string of the molecule is O=C1C2C3c4ccccc4CN3C3(C(=O)Nc4c(Cl)cc(Cl)cc43)C2C(=O)N1c1cc(Cl)cc(Cl)c1. The maximum atomic E-state index is 14.2. The van der Waals surface area contributed by atoms with Crippen molar-refractivity contribution < 1.29 is 14.4 Å². The van der Waals surface area contributed by atoms with Crippen LogP contribution in [-0.2, 0) is 26.5 Å². The Kier molecular flexibility index (Phi) is 4.68. The zero-order valence-electron chi connectivity index (χ0n) is 18.3. The van der Waals surface area contributed by atoms with E-state index in [-0.39, 0.29) is 10.7 Å². The van der Waals surface area contributed by atoms with Crippen LogP contribution >= 0.6 is 46.4 Å². The van der Waals surface area contributed by atoms with E-state index >= 15 is 0 Å². The van der Waals surface area contributed by atoms with E-state index in [1.807, 2.05) is 29.2 Å². The fraction of sp³-hybridized carbons (Fsp3) is 0.192. The van der Waals surface area contributed by atoms with E-state index in [0.29, 0.717) is 32.9 Å². The number of halogens is 4. The van der Waals surface area contributed by atoms with Gasteiger partial charge in [-0.15, -0.1) is 0 Å². The van der Waals surface area contributed by atoms with Gasteiger partial charge in [0.15, 0.2) is 0 Å². The Morgan fingerprint density at radius 3 is 2.31 bits per heavy atom. The summed E-state index contributed by atoms with van der Waals surface area (Å²) in [5, 5.41) is 4.08. The van der Waals surface area contributed by atoms with Gasteiger partial charge in [0.25, 0.3) is 5.91 Å². The Hall–Kier alpha value is -2.61. The maximum Gasteiger partial charge on any atom is 0.250 e. The number of rotatable bonds is 1. The molecule has 1 N–H and O–H groups in total. The quantitative estimate of drug-likeness (QED) is 0.382. The molecule has 36 heavy (non-hydrogen) atoms. The van der Waals surface area contributed by atoms with Crippen LogP contribution in [0.15, 0.2) is 54.6 Å². The predicted octanol–water partition coefficient (Wildman–Crippen LogP) is 5.82. The summed E-state index contributed by atoms with van der Waals surface area (Å²) in [5.41, 5.74) is 1.63. The smallest absolute Gasteiger partial charge is 0.250 e. The molecule has 3 aromatic rings. The first-order valence-electron chi connectivity index (χ1n) is 11.2. The molecule has 2 saturated heterocycles. The number of hydrogen-bond acceptors (Lipinski definition) is 4. The number of imide groups is 1. The molecule has 2 fully saturated rings. The van der Waals surface area contributed by atoms with Crippen molar-refractivity contribution in [2.45, 2.75) is 18.1 Å². The minimum Gasteiger partial charge on any atom is -0.323 e. The third-order valence-corrected chi connectivity index (χ3v) is 8.75. The van der Waals surface area contributed by atoms with Gasteiger partial charge in [0.05, 0.1) is 28.2 Å². The van der Waals surface area contributed by atoms with Gasteiger partial charge in [-0.3, -0.25) is 19.3 Å². The average Bonchev–Trinajstić information content (AvgIpc) is 3.48. The maximum absolute atomic E-state index is 14.2. The zero-order valence-corrected chi connectivity index (χ0v) is 21.3. The second kappa shape index (κ2) is 7.46. The molecule has 3 amide bonds. The zero-order chi connectivity index (χ0) is 25.1. The molecule has 1 spiro atoms. The summed E-state index contributed by atoms with van der Waals surface area (Å²) >= 11 is 25.3. The van der Waals surface area contributed by atoms with Gasteiger partial charge in [0.2, 0.25) is 11.8 Å². The van der Waals surface area contributed by atoms with Crippen LogP contribution < -0.4 is 10.2 Å². The second-order valence-corrected chi connectivity index (χ2v) is 11.2. The molecule has 4 aliphatic rings. The highest BCUT2D eigenvalue weighted by molar-refractivity contribution is 6.38. The van der Waals surface area contributed by atoms with Crippen LogP contribution in [0.3, 0.4) is 0 Å². The number of hydrogen-bond donors (Lipinski definition) is 1. The van der Waals surface area contributed by atoms with E-state index in [2.05, 4.69) is 5.32 Å². The van der Waals surface area contributed by atoms with Crippen LogP contribution in [0.2, 0.25) is 20.1 Å². The number of benzene rings is 3. The van der Waals surface area contributed by atoms with Gasteiger partial charge < -0.3 is 5.32 Å². The lowest BCUT2D eigenvalue weighted by molar-refractivity contribution is -0.136. The molecule has 3 aromatic carbocycles. The number of nitrogens with zero attached hydrogens (tertiary/aromatic N) is 2. The molecule has 4 atom stereocenters. The van der Waals surface area contributed by atoms with Gasteiger partial charge >= 0.3 is 0 Å². The minimum atomic E-state index is -1.47. The summed E-state index contributed by atoms with van der Waals surface area (Å²) < 4.78 is 0. The van der Waals surface area contributed by atoms with Gasteiger partial charge in [-0.1, -0.05) is 70.7 Å². The van der Waals surface area contributed by atoms with Crippen molar-refractivity contribution in [3.8, 4) is 0 Å². The molecule has 10 heteroatoms. The first-order chi connectivity index (χ1) is 17.2. The number of amides is 3. The molecule has 4 heterocycles. The first kappa shape index (κ1) is 22.6. The van der Waals surface area contributed by atoms with E-state index in [1.165, 1.54) is 18.2 Å². The Bertz CT molecular complexity index is 1540. The lowest BCUT2D eigenvalue weighted by Gasteiger charge is -2.36. The molecule has 6 nitrogen and oxygen atoms in total. The second-order valence-electron chi connectivity index (χ2n) is 9.45. The fourth-order valence-corrected chi connectivity index (χ4v) is 7.68. The first-order valence-corrected chi connectivity index (χ1v) is 12.7. The highest BCUT2D eigenvalue weighted by atomic mass is 35.5. The van der Waals surface area contributed by atoms with E-state index in [4.69, 9.17) is 46.4 Å². The average molecular weight is 559 g/mol. The Labute approximate surface area is 225 Å². The van der Waals surface area contributed by atoms with E-state index in [1.54, 1.807) is 12.1 Å². The highest BCUT2D eigenvalue weighted by Crippen LogP contribution is 2.66. The summed E-state index contributed by atoms with van der Waals surface area (Å²) in [6.45, 7) is 0.397. The number of nitrogens with one attached hydrogen (secondary N) is 1. The third kappa shape index (κ3) is 2.66. The summed E-state index contributed by atoms with van der Waals surface area (Å²) in [4.78, 5) is 45.3. The Morgan fingerprint density at radius 1 is 0.861 bits per heavy atom. The molecule has 0 bridgehead atoms. The van der Waals surface area contributed by atoms with Gasteiger partial charge in [-0.05, 0) is 41.5 Å². The Balaban J connectivity index is 1.50. The largest absolute Gasteiger partial charge is 0.323 e. The number of anilines is 2. The van der Waals surface area contributed by atoms with Crippen LogP contribution in [0.5, 0.6) is 0 Å². The highest BCUT2D eigenvalue weighted by Gasteiger charge is 2.75. The van der Waals surface area contributed by atoms with Crippen molar-refractivity contribution in [1.29, 1.82) is 0 Å². The molecule has 4 aliphatic heterocycles.